The summed E-state index contributed by atoms with van der Waals surface area (Å²) in [6.45, 7) is 2.13. The van der Waals surface area contributed by atoms with Crippen LogP contribution in [0.2, 0.25) is 0 Å². The van der Waals surface area contributed by atoms with Crippen molar-refractivity contribution in [1.29, 1.82) is 0 Å². The number of fused-ring (bicyclic) bond motifs is 1. The number of pyridine rings is 1. The van der Waals surface area contributed by atoms with Crippen LogP contribution in [0, 0.1) is 0 Å². The van der Waals surface area contributed by atoms with Crippen LogP contribution in [-0.2, 0) is 4.79 Å². The van der Waals surface area contributed by atoms with Crippen molar-refractivity contribution >= 4 is 44.1 Å². The van der Waals surface area contributed by atoms with Crippen molar-refractivity contribution < 1.29 is 4.79 Å². The Morgan fingerprint density at radius 2 is 2.20 bits per heavy atom. The van der Waals surface area contributed by atoms with E-state index < -0.39 is 0 Å². The second-order valence-corrected chi connectivity index (χ2v) is 5.73. The Bertz CT molecular complexity index is 674. The molecule has 1 fully saturated rings. The first-order valence-corrected chi connectivity index (χ1v) is 7.30. The maximum absolute atomic E-state index is 11.4. The number of nitrogens with one attached hydrogen (secondary N) is 1. The predicted octanol–water partition coefficient (Wildman–Crippen LogP) is 1.91. The van der Waals surface area contributed by atoms with Crippen LogP contribution in [0.1, 0.15) is 6.42 Å². The van der Waals surface area contributed by atoms with Crippen LogP contribution < -0.4 is 16.0 Å². The molecule has 20 heavy (non-hydrogen) atoms. The lowest BCUT2D eigenvalue weighted by atomic mass is 10.1. The van der Waals surface area contributed by atoms with Gasteiger partial charge in [0.25, 0.3) is 0 Å². The molecule has 2 heterocycles. The van der Waals surface area contributed by atoms with E-state index in [1.54, 1.807) is 6.20 Å². The Balaban J connectivity index is 2.07. The molecule has 0 spiro atoms. The summed E-state index contributed by atoms with van der Waals surface area (Å²) in [5.74, 6) is 0.1000. The largest absolute Gasteiger partial charge is 0.398 e. The number of amides is 1. The number of nitrogens with two attached hydrogens (primary N) is 1. The van der Waals surface area contributed by atoms with Gasteiger partial charge in [0, 0.05) is 47.8 Å². The van der Waals surface area contributed by atoms with Gasteiger partial charge in [-0.05, 0) is 34.1 Å². The lowest BCUT2D eigenvalue weighted by Gasteiger charge is -2.23. The Morgan fingerprint density at radius 1 is 1.35 bits per heavy atom. The minimum absolute atomic E-state index is 0.1000. The van der Waals surface area contributed by atoms with E-state index >= 15 is 0 Å². The Hall–Kier alpha value is -1.82. The first-order valence-electron chi connectivity index (χ1n) is 6.50. The molecule has 0 saturated carbocycles. The second-order valence-electron chi connectivity index (χ2n) is 4.81. The average molecular weight is 335 g/mol. The summed E-state index contributed by atoms with van der Waals surface area (Å²) in [4.78, 5) is 18.1. The van der Waals surface area contributed by atoms with Gasteiger partial charge in [0.05, 0.1) is 11.2 Å². The maximum Gasteiger partial charge on any atom is 0.221 e. The molecule has 1 aromatic heterocycles. The number of anilines is 2. The molecule has 0 radical (unpaired) electrons. The van der Waals surface area contributed by atoms with Crippen LogP contribution in [-0.4, -0.2) is 30.5 Å². The smallest absolute Gasteiger partial charge is 0.221 e. The van der Waals surface area contributed by atoms with E-state index in [1.807, 2.05) is 18.2 Å². The molecule has 0 unspecified atom stereocenters. The van der Waals surface area contributed by atoms with Crippen LogP contribution in [0.25, 0.3) is 10.9 Å². The van der Waals surface area contributed by atoms with Crippen molar-refractivity contribution in [2.24, 2.45) is 0 Å². The molecule has 1 saturated heterocycles. The summed E-state index contributed by atoms with van der Waals surface area (Å²) in [6, 6.07) is 5.85. The summed E-state index contributed by atoms with van der Waals surface area (Å²) in [7, 11) is 0. The van der Waals surface area contributed by atoms with Gasteiger partial charge >= 0.3 is 0 Å². The molecule has 3 rings (SSSR count). The SMILES string of the molecule is Nc1ccc(N2CCNC(=O)CC2)c2ncc(Br)cc12. The van der Waals surface area contributed by atoms with Gasteiger partial charge in [-0.15, -0.1) is 0 Å². The van der Waals surface area contributed by atoms with E-state index in [2.05, 4.69) is 31.1 Å². The highest BCUT2D eigenvalue weighted by Crippen LogP contribution is 2.31. The van der Waals surface area contributed by atoms with E-state index in [4.69, 9.17) is 5.73 Å². The highest BCUT2D eigenvalue weighted by atomic mass is 79.9. The molecule has 0 bridgehead atoms. The van der Waals surface area contributed by atoms with Crippen LogP contribution in [0.3, 0.4) is 0 Å². The van der Waals surface area contributed by atoms with Crippen LogP contribution in [0.5, 0.6) is 0 Å². The third-order valence-corrected chi connectivity index (χ3v) is 3.92. The second kappa shape index (κ2) is 5.28. The zero-order valence-corrected chi connectivity index (χ0v) is 12.5. The number of hydrogen-bond donors (Lipinski definition) is 2. The number of rotatable bonds is 1. The summed E-state index contributed by atoms with van der Waals surface area (Å²) < 4.78 is 0.904. The fourth-order valence-corrected chi connectivity index (χ4v) is 2.80. The zero-order chi connectivity index (χ0) is 14.1. The number of hydrogen-bond acceptors (Lipinski definition) is 4. The maximum atomic E-state index is 11.4. The normalized spacial score (nSPS) is 16.1. The van der Waals surface area contributed by atoms with E-state index in [0.29, 0.717) is 25.2 Å². The molecule has 0 atom stereocenters. The molecule has 2 aromatic rings. The number of nitrogens with zero attached hydrogens (tertiary/aromatic N) is 2. The lowest BCUT2D eigenvalue weighted by Crippen LogP contribution is -2.28. The predicted molar refractivity (Wildman–Crippen MR) is 83.7 cm³/mol. The fourth-order valence-electron chi connectivity index (χ4n) is 2.46. The number of halogens is 1. The molecule has 6 heteroatoms. The summed E-state index contributed by atoms with van der Waals surface area (Å²) in [5, 5.41) is 3.81. The van der Waals surface area contributed by atoms with Gasteiger partial charge in [-0.1, -0.05) is 0 Å². The number of carbonyl (C=O) groups excluding carboxylic acids is 1. The molecule has 0 aliphatic carbocycles. The number of nitrogen functional groups attached to an aromatic ring is 1. The molecular weight excluding hydrogens is 320 g/mol. The van der Waals surface area contributed by atoms with Crippen molar-refractivity contribution in [3.05, 3.63) is 28.9 Å². The van der Waals surface area contributed by atoms with Gasteiger partial charge in [0.2, 0.25) is 5.91 Å². The third kappa shape index (κ3) is 2.43. The van der Waals surface area contributed by atoms with Gasteiger partial charge in [-0.25, -0.2) is 0 Å². The summed E-state index contributed by atoms with van der Waals surface area (Å²) >= 11 is 3.42. The molecule has 1 aromatic carbocycles. The summed E-state index contributed by atoms with van der Waals surface area (Å²) in [6.07, 6.45) is 2.27. The van der Waals surface area contributed by atoms with Crippen molar-refractivity contribution in [2.45, 2.75) is 6.42 Å². The van der Waals surface area contributed by atoms with Crippen molar-refractivity contribution in [3.63, 3.8) is 0 Å². The molecule has 3 N–H and O–H groups in total. The first kappa shape index (κ1) is 13.2. The quantitative estimate of drug-likeness (QED) is 0.781. The lowest BCUT2D eigenvalue weighted by molar-refractivity contribution is -0.120. The molecule has 1 aliphatic heterocycles. The fraction of sp³-hybridized carbons (Fsp3) is 0.286. The molecule has 104 valence electrons. The first-order chi connectivity index (χ1) is 9.65. The van der Waals surface area contributed by atoms with E-state index in [0.717, 1.165) is 27.6 Å². The standard InChI is InChI=1S/C14H15BrN4O/c15-9-7-10-11(16)1-2-12(14(10)18-8-9)19-5-3-13(20)17-4-6-19/h1-2,7-8H,3-6,16H2,(H,17,20). The van der Waals surface area contributed by atoms with Gasteiger partial charge in [-0.2, -0.15) is 0 Å². The van der Waals surface area contributed by atoms with Crippen LogP contribution in [0.15, 0.2) is 28.9 Å². The average Bonchev–Trinajstić information content (AvgIpc) is 2.65. The topological polar surface area (TPSA) is 71.2 Å². The number of aromatic nitrogens is 1. The monoisotopic (exact) mass is 334 g/mol. The molecule has 1 amide bonds. The van der Waals surface area contributed by atoms with Gasteiger partial charge in [0.15, 0.2) is 0 Å². The molecule has 1 aliphatic rings. The van der Waals surface area contributed by atoms with Gasteiger partial charge < -0.3 is 16.0 Å². The number of benzene rings is 1. The van der Waals surface area contributed by atoms with E-state index in [1.165, 1.54) is 0 Å². The van der Waals surface area contributed by atoms with Crippen molar-refractivity contribution in [1.82, 2.24) is 10.3 Å². The van der Waals surface area contributed by atoms with Gasteiger partial charge in [0.1, 0.15) is 0 Å². The highest BCUT2D eigenvalue weighted by Gasteiger charge is 2.17. The third-order valence-electron chi connectivity index (χ3n) is 3.48. The Kier molecular flexibility index (Phi) is 3.48. The van der Waals surface area contributed by atoms with E-state index in [9.17, 15) is 4.79 Å². The zero-order valence-electron chi connectivity index (χ0n) is 10.9. The Labute approximate surface area is 125 Å². The van der Waals surface area contributed by atoms with Crippen LogP contribution >= 0.6 is 15.9 Å². The van der Waals surface area contributed by atoms with E-state index in [-0.39, 0.29) is 5.91 Å². The molecule has 5 nitrogen and oxygen atoms in total. The highest BCUT2D eigenvalue weighted by molar-refractivity contribution is 9.10. The number of carbonyl (C=O) groups is 1. The minimum atomic E-state index is 0.1000. The Morgan fingerprint density at radius 3 is 3.05 bits per heavy atom. The molecular formula is C14H15BrN4O. The minimum Gasteiger partial charge on any atom is -0.398 e. The van der Waals surface area contributed by atoms with Crippen molar-refractivity contribution in [3.8, 4) is 0 Å². The van der Waals surface area contributed by atoms with Crippen LogP contribution in [0.4, 0.5) is 11.4 Å². The van der Waals surface area contributed by atoms with Gasteiger partial charge in [-0.3, -0.25) is 9.78 Å². The van der Waals surface area contributed by atoms with Crippen molar-refractivity contribution in [2.75, 3.05) is 30.3 Å². The summed E-state index contributed by atoms with van der Waals surface area (Å²) in [5.41, 5.74) is 8.64.